The molecule has 0 bridgehead atoms. The molecule has 1 aromatic carbocycles. The summed E-state index contributed by atoms with van der Waals surface area (Å²) in [7, 11) is -1.85. The molecule has 0 spiro atoms. The largest absolute Gasteiger partial charge is 0.454 e. The van der Waals surface area contributed by atoms with Crippen LogP contribution in [0.25, 0.3) is 22.6 Å². The molecular formula is C22H25ClN4O6S2. The van der Waals surface area contributed by atoms with Crippen LogP contribution >= 0.6 is 10.7 Å². The molecule has 0 amide bonds. The summed E-state index contributed by atoms with van der Waals surface area (Å²) in [6.07, 6.45) is 5.39. The van der Waals surface area contributed by atoms with E-state index in [0.717, 1.165) is 53.3 Å². The molecule has 1 N–H and O–H groups in total. The van der Waals surface area contributed by atoms with Crippen molar-refractivity contribution < 1.29 is 26.3 Å². The van der Waals surface area contributed by atoms with Crippen molar-refractivity contribution in [3.8, 4) is 34.1 Å². The van der Waals surface area contributed by atoms with Gasteiger partial charge in [-0.15, -0.1) is 0 Å². The number of halogens is 1. The normalized spacial score (nSPS) is 16.5. The van der Waals surface area contributed by atoms with Gasteiger partial charge in [0.25, 0.3) is 0 Å². The van der Waals surface area contributed by atoms with Crippen LogP contribution in [-0.2, 0) is 19.1 Å². The number of aromatic amines is 1. The van der Waals surface area contributed by atoms with E-state index in [9.17, 15) is 16.8 Å². The van der Waals surface area contributed by atoms with Gasteiger partial charge in [-0.3, -0.25) is 4.98 Å². The maximum absolute atomic E-state index is 11.8. The minimum absolute atomic E-state index is 0.160. The van der Waals surface area contributed by atoms with E-state index in [-0.39, 0.29) is 12.7 Å². The van der Waals surface area contributed by atoms with E-state index in [1.807, 2.05) is 36.4 Å². The number of nitrogens with one attached hydrogen (secondary N) is 1. The lowest BCUT2D eigenvalue weighted by Crippen LogP contribution is -2.37. The molecule has 10 nitrogen and oxygen atoms in total. The van der Waals surface area contributed by atoms with Crippen LogP contribution in [0.5, 0.6) is 11.5 Å². The Morgan fingerprint density at radius 1 is 1.03 bits per heavy atom. The number of fused-ring (bicyclic) bond motifs is 1. The number of benzene rings is 1. The average Bonchev–Trinajstić information content (AvgIpc) is 3.45. The van der Waals surface area contributed by atoms with Crippen LogP contribution < -0.4 is 9.47 Å². The minimum atomic E-state index is -3.19. The maximum atomic E-state index is 11.8. The van der Waals surface area contributed by atoms with Crippen LogP contribution in [0.4, 0.5) is 0 Å². The Morgan fingerprint density at radius 3 is 2.34 bits per heavy atom. The fraction of sp³-hybridized carbons (Fsp3) is 0.364. The van der Waals surface area contributed by atoms with Crippen molar-refractivity contribution in [2.75, 3.05) is 32.4 Å². The first-order chi connectivity index (χ1) is 16.5. The van der Waals surface area contributed by atoms with Gasteiger partial charge in [0.1, 0.15) is 5.82 Å². The van der Waals surface area contributed by atoms with Gasteiger partial charge in [0.05, 0.1) is 29.6 Å². The van der Waals surface area contributed by atoms with Crippen LogP contribution in [0.1, 0.15) is 24.6 Å². The van der Waals surface area contributed by atoms with Crippen molar-refractivity contribution in [3.63, 3.8) is 0 Å². The number of nitrogens with zero attached hydrogens (tertiary/aromatic N) is 3. The Bertz CT molecular complexity index is 1390. The van der Waals surface area contributed by atoms with Crippen molar-refractivity contribution in [2.24, 2.45) is 0 Å². The average molecular weight is 541 g/mol. The SMILES string of the molecule is CS(=O)(=O)Cl.CS(=O)(=O)N1CCC(c2nc(-c3ccc4c(c3)OCO4)c(-c3ccccn3)[nH]2)CC1. The number of piperidine rings is 1. The lowest BCUT2D eigenvalue weighted by Gasteiger charge is -2.29. The summed E-state index contributed by atoms with van der Waals surface area (Å²) in [5, 5.41) is 0. The first kappa shape index (κ1) is 25.4. The van der Waals surface area contributed by atoms with E-state index in [2.05, 4.69) is 20.7 Å². The highest BCUT2D eigenvalue weighted by Gasteiger charge is 2.29. The summed E-state index contributed by atoms with van der Waals surface area (Å²) >= 11 is 0. The Hall–Kier alpha value is -2.67. The van der Waals surface area contributed by atoms with E-state index in [4.69, 9.17) is 14.5 Å². The molecule has 0 aliphatic carbocycles. The molecule has 1 fully saturated rings. The number of ether oxygens (including phenoxy) is 2. The Labute approximate surface area is 208 Å². The maximum Gasteiger partial charge on any atom is 0.231 e. The molecule has 0 atom stereocenters. The Kier molecular flexibility index (Phi) is 7.36. The summed E-state index contributed by atoms with van der Waals surface area (Å²) < 4.78 is 54.9. The first-order valence-corrected chi connectivity index (χ1v) is 15.3. The number of rotatable bonds is 4. The third-order valence-electron chi connectivity index (χ3n) is 5.60. The molecule has 3 aromatic rings. The summed E-state index contributed by atoms with van der Waals surface area (Å²) in [4.78, 5) is 12.9. The molecule has 2 aliphatic rings. The zero-order valence-corrected chi connectivity index (χ0v) is 21.5. The van der Waals surface area contributed by atoms with E-state index < -0.39 is 19.1 Å². The number of hydrogen-bond acceptors (Lipinski definition) is 8. The summed E-state index contributed by atoms with van der Waals surface area (Å²) in [6.45, 7) is 1.22. The van der Waals surface area contributed by atoms with Crippen LogP contribution in [0.3, 0.4) is 0 Å². The summed E-state index contributed by atoms with van der Waals surface area (Å²) in [5.74, 6) is 2.44. The van der Waals surface area contributed by atoms with Gasteiger partial charge in [0.15, 0.2) is 11.5 Å². The Morgan fingerprint density at radius 2 is 1.71 bits per heavy atom. The smallest absolute Gasteiger partial charge is 0.231 e. The second-order valence-electron chi connectivity index (χ2n) is 8.25. The van der Waals surface area contributed by atoms with Crippen molar-refractivity contribution in [1.82, 2.24) is 19.3 Å². The second kappa shape index (κ2) is 10.1. The summed E-state index contributed by atoms with van der Waals surface area (Å²) in [5.41, 5.74) is 3.36. The molecule has 13 heteroatoms. The van der Waals surface area contributed by atoms with Crippen LogP contribution in [0.2, 0.25) is 0 Å². The number of imidazole rings is 1. The molecule has 35 heavy (non-hydrogen) atoms. The number of sulfonamides is 1. The first-order valence-electron chi connectivity index (χ1n) is 10.7. The molecule has 5 rings (SSSR count). The van der Waals surface area contributed by atoms with Gasteiger partial charge < -0.3 is 14.5 Å². The molecule has 0 saturated carbocycles. The van der Waals surface area contributed by atoms with Gasteiger partial charge in [-0.05, 0) is 43.2 Å². The van der Waals surface area contributed by atoms with Gasteiger partial charge in [-0.25, -0.2) is 26.1 Å². The monoisotopic (exact) mass is 540 g/mol. The van der Waals surface area contributed by atoms with Crippen molar-refractivity contribution >= 4 is 29.8 Å². The third-order valence-corrected chi connectivity index (χ3v) is 6.90. The number of pyridine rings is 1. The van der Waals surface area contributed by atoms with Gasteiger partial charge in [0.2, 0.25) is 25.9 Å². The van der Waals surface area contributed by atoms with E-state index >= 15 is 0 Å². The van der Waals surface area contributed by atoms with Gasteiger partial charge in [-0.2, -0.15) is 0 Å². The van der Waals surface area contributed by atoms with Crippen molar-refractivity contribution in [3.05, 3.63) is 48.4 Å². The number of H-pyrrole nitrogens is 1. The second-order valence-corrected chi connectivity index (χ2v) is 13.3. The fourth-order valence-electron chi connectivity index (χ4n) is 3.99. The summed E-state index contributed by atoms with van der Waals surface area (Å²) in [6, 6.07) is 11.5. The predicted molar refractivity (Wildman–Crippen MR) is 132 cm³/mol. The zero-order chi connectivity index (χ0) is 25.2. The molecule has 2 aromatic heterocycles. The highest BCUT2D eigenvalue weighted by molar-refractivity contribution is 8.13. The van der Waals surface area contributed by atoms with Crippen LogP contribution in [0.15, 0.2) is 42.6 Å². The van der Waals surface area contributed by atoms with E-state index in [1.54, 1.807) is 6.20 Å². The van der Waals surface area contributed by atoms with E-state index in [1.165, 1.54) is 10.6 Å². The Balaban J connectivity index is 0.000000527. The van der Waals surface area contributed by atoms with Crippen molar-refractivity contribution in [1.29, 1.82) is 0 Å². The standard InChI is InChI=1S/C21H22N4O4S.CH3ClO2S/c1-30(26,27)25-10-7-14(8-11-25)21-23-19(20(24-21)16-4-2-3-9-22-16)15-5-6-17-18(12-15)29-13-28-17;1-5(2,3)4/h2-6,9,12,14H,7-8,10-11,13H2,1H3,(H,23,24);1H3. The highest BCUT2D eigenvalue weighted by atomic mass is 35.7. The predicted octanol–water partition coefficient (Wildman–Crippen LogP) is 3.19. The van der Waals surface area contributed by atoms with Crippen molar-refractivity contribution in [2.45, 2.75) is 18.8 Å². The topological polar surface area (TPSA) is 132 Å². The van der Waals surface area contributed by atoms with E-state index in [0.29, 0.717) is 18.8 Å². The molecular weight excluding hydrogens is 516 g/mol. The quantitative estimate of drug-likeness (QED) is 0.499. The highest BCUT2D eigenvalue weighted by Crippen LogP contribution is 2.39. The zero-order valence-electron chi connectivity index (χ0n) is 19.1. The number of hydrogen-bond donors (Lipinski definition) is 1. The lowest BCUT2D eigenvalue weighted by atomic mass is 9.97. The molecule has 4 heterocycles. The minimum Gasteiger partial charge on any atom is -0.454 e. The molecule has 0 radical (unpaired) electrons. The number of aromatic nitrogens is 3. The molecule has 188 valence electrons. The fourth-order valence-corrected chi connectivity index (χ4v) is 4.87. The van der Waals surface area contributed by atoms with Crippen LogP contribution in [0, 0.1) is 0 Å². The van der Waals surface area contributed by atoms with Gasteiger partial charge in [-0.1, -0.05) is 6.07 Å². The van der Waals surface area contributed by atoms with Gasteiger partial charge >= 0.3 is 0 Å². The third kappa shape index (κ3) is 6.51. The van der Waals surface area contributed by atoms with Gasteiger partial charge in [0, 0.05) is 41.5 Å². The lowest BCUT2D eigenvalue weighted by molar-refractivity contribution is 0.174. The molecule has 0 unspecified atom stereocenters. The molecule has 1 saturated heterocycles. The molecule has 2 aliphatic heterocycles. The van der Waals surface area contributed by atoms with Crippen LogP contribution in [-0.4, -0.2) is 68.5 Å².